The number of rotatable bonds is 1. The molecule has 1 aromatic heterocycles. The number of nitrogens with zero attached hydrogens (tertiary/aromatic N) is 4. The minimum Gasteiger partial charge on any atom is -0.397 e. The second-order valence-corrected chi connectivity index (χ2v) is 3.99. The number of pyridine rings is 1. The number of nitriles is 1. The molecule has 88 valence electrons. The van der Waals surface area contributed by atoms with E-state index in [1.807, 2.05) is 0 Å². The van der Waals surface area contributed by atoms with Crippen LogP contribution in [0, 0.1) is 11.3 Å². The van der Waals surface area contributed by atoms with Crippen LogP contribution in [0.25, 0.3) is 0 Å². The van der Waals surface area contributed by atoms with Gasteiger partial charge < -0.3 is 15.5 Å². The van der Waals surface area contributed by atoms with Gasteiger partial charge >= 0.3 is 0 Å². The maximum absolute atomic E-state index is 11.6. The first kappa shape index (κ1) is 11.2. The zero-order valence-electron chi connectivity index (χ0n) is 9.55. The van der Waals surface area contributed by atoms with E-state index in [9.17, 15) is 4.79 Å². The predicted octanol–water partition coefficient (Wildman–Crippen LogP) is -0.186. The van der Waals surface area contributed by atoms with Crippen molar-refractivity contribution in [1.82, 2.24) is 9.88 Å². The molecule has 6 nitrogen and oxygen atoms in total. The maximum Gasteiger partial charge on any atom is 0.241 e. The summed E-state index contributed by atoms with van der Waals surface area (Å²) < 4.78 is 0. The van der Waals surface area contributed by atoms with Crippen LogP contribution in [0.15, 0.2) is 12.3 Å². The Morgan fingerprint density at radius 2 is 2.29 bits per heavy atom. The highest BCUT2D eigenvalue weighted by Gasteiger charge is 2.23. The summed E-state index contributed by atoms with van der Waals surface area (Å²) in [5.41, 5.74) is 6.43. The Balaban J connectivity index is 2.29. The lowest BCUT2D eigenvalue weighted by Crippen LogP contribution is -2.49. The van der Waals surface area contributed by atoms with Gasteiger partial charge in [0, 0.05) is 20.1 Å². The first-order chi connectivity index (χ1) is 8.11. The van der Waals surface area contributed by atoms with Crippen molar-refractivity contribution in [3.8, 4) is 6.07 Å². The van der Waals surface area contributed by atoms with Gasteiger partial charge in [0.05, 0.1) is 24.0 Å². The molecule has 0 atom stereocenters. The summed E-state index contributed by atoms with van der Waals surface area (Å²) in [5, 5.41) is 9.02. The van der Waals surface area contributed by atoms with Crippen LogP contribution in [-0.2, 0) is 4.79 Å². The van der Waals surface area contributed by atoms with E-state index >= 15 is 0 Å². The summed E-state index contributed by atoms with van der Waals surface area (Å²) in [6.45, 7) is 1.56. The molecule has 0 spiro atoms. The molecule has 17 heavy (non-hydrogen) atoms. The third-order valence-corrected chi connectivity index (χ3v) is 2.77. The lowest BCUT2D eigenvalue weighted by atomic mass is 10.2. The average molecular weight is 231 g/mol. The highest BCUT2D eigenvalue weighted by Crippen LogP contribution is 2.20. The van der Waals surface area contributed by atoms with Crippen LogP contribution in [0.5, 0.6) is 0 Å². The highest BCUT2D eigenvalue weighted by atomic mass is 16.2. The van der Waals surface area contributed by atoms with Crippen molar-refractivity contribution >= 4 is 17.4 Å². The van der Waals surface area contributed by atoms with Crippen molar-refractivity contribution in [3.63, 3.8) is 0 Å². The van der Waals surface area contributed by atoms with Gasteiger partial charge in [-0.05, 0) is 6.07 Å². The van der Waals surface area contributed by atoms with E-state index in [-0.39, 0.29) is 12.5 Å². The van der Waals surface area contributed by atoms with Crippen molar-refractivity contribution in [1.29, 1.82) is 5.26 Å². The van der Waals surface area contributed by atoms with E-state index in [1.54, 1.807) is 22.9 Å². The number of piperazine rings is 1. The number of carbonyl (C=O) groups excluding carboxylic acids is 1. The second kappa shape index (κ2) is 4.29. The Hall–Kier alpha value is -2.29. The fraction of sp³-hybridized carbons (Fsp3) is 0.364. The van der Waals surface area contributed by atoms with Gasteiger partial charge in [-0.25, -0.2) is 4.98 Å². The lowest BCUT2D eigenvalue weighted by Gasteiger charge is -2.33. The van der Waals surface area contributed by atoms with Crippen LogP contribution in [-0.4, -0.2) is 42.5 Å². The molecule has 2 N–H and O–H groups in total. The van der Waals surface area contributed by atoms with Gasteiger partial charge in [-0.15, -0.1) is 0 Å². The molecule has 6 heteroatoms. The first-order valence-electron chi connectivity index (χ1n) is 5.26. The number of nitrogen functional groups attached to an aromatic ring is 1. The molecular weight excluding hydrogens is 218 g/mol. The van der Waals surface area contributed by atoms with Gasteiger partial charge in [-0.3, -0.25) is 4.79 Å². The molecule has 0 aliphatic carbocycles. The van der Waals surface area contributed by atoms with Crippen molar-refractivity contribution in [2.24, 2.45) is 0 Å². The molecule has 1 aliphatic heterocycles. The minimum atomic E-state index is 0.0266. The quantitative estimate of drug-likeness (QED) is 0.724. The maximum atomic E-state index is 11.6. The average Bonchev–Trinajstić information content (AvgIpc) is 2.32. The molecule has 0 unspecified atom stereocenters. The van der Waals surface area contributed by atoms with Crippen LogP contribution < -0.4 is 10.6 Å². The van der Waals surface area contributed by atoms with Crippen LogP contribution in [0.4, 0.5) is 11.5 Å². The molecule has 2 rings (SSSR count). The Morgan fingerprint density at radius 3 is 2.94 bits per heavy atom. The number of likely N-dealkylation sites (N-methyl/N-ethyl adjacent to an activating group) is 1. The fourth-order valence-corrected chi connectivity index (χ4v) is 1.75. The topological polar surface area (TPSA) is 86.2 Å². The van der Waals surface area contributed by atoms with E-state index < -0.39 is 0 Å². The third-order valence-electron chi connectivity index (χ3n) is 2.77. The monoisotopic (exact) mass is 231 g/mol. The van der Waals surface area contributed by atoms with E-state index in [4.69, 9.17) is 11.0 Å². The largest absolute Gasteiger partial charge is 0.397 e. The Labute approximate surface area is 99.2 Å². The number of nitrogens with two attached hydrogens (primary N) is 1. The summed E-state index contributed by atoms with van der Waals surface area (Å²) in [7, 11) is 1.77. The molecule has 2 heterocycles. The number of carbonyl (C=O) groups is 1. The Morgan fingerprint density at radius 1 is 1.53 bits per heavy atom. The summed E-state index contributed by atoms with van der Waals surface area (Å²) in [5.74, 6) is 0.557. The Bertz CT molecular complexity index is 493. The summed E-state index contributed by atoms with van der Waals surface area (Å²) in [4.78, 5) is 19.2. The van der Waals surface area contributed by atoms with Gasteiger partial charge in [0.15, 0.2) is 0 Å². The zero-order valence-corrected chi connectivity index (χ0v) is 9.55. The molecule has 0 saturated carbocycles. The molecule has 1 fully saturated rings. The molecular formula is C11H13N5O. The summed E-state index contributed by atoms with van der Waals surface area (Å²) in [6, 6.07) is 3.63. The van der Waals surface area contributed by atoms with Crippen molar-refractivity contribution in [3.05, 3.63) is 17.8 Å². The van der Waals surface area contributed by atoms with Crippen molar-refractivity contribution < 1.29 is 4.79 Å². The van der Waals surface area contributed by atoms with Crippen molar-refractivity contribution in [2.75, 3.05) is 37.3 Å². The van der Waals surface area contributed by atoms with Gasteiger partial charge in [0.2, 0.25) is 5.91 Å². The molecule has 0 bridgehead atoms. The molecule has 1 amide bonds. The molecule has 0 radical (unpaired) electrons. The molecule has 1 saturated heterocycles. The lowest BCUT2D eigenvalue weighted by molar-refractivity contribution is -0.129. The van der Waals surface area contributed by atoms with Gasteiger partial charge in [0.25, 0.3) is 0 Å². The standard InChI is InChI=1S/C11H13N5O/c1-15-2-3-16(7-10(15)17)11-8(5-12)4-9(13)6-14-11/h4,6H,2-3,7,13H2,1H3. The SMILES string of the molecule is CN1CCN(c2ncc(N)cc2C#N)CC1=O. The summed E-state index contributed by atoms with van der Waals surface area (Å²) in [6.07, 6.45) is 1.50. The number of hydrogen-bond donors (Lipinski definition) is 1. The number of amides is 1. The second-order valence-electron chi connectivity index (χ2n) is 3.99. The van der Waals surface area contributed by atoms with E-state index in [0.717, 1.165) is 0 Å². The van der Waals surface area contributed by atoms with Gasteiger partial charge in [0.1, 0.15) is 11.9 Å². The van der Waals surface area contributed by atoms with Crippen LogP contribution in [0.1, 0.15) is 5.56 Å². The predicted molar refractivity (Wildman–Crippen MR) is 63.2 cm³/mol. The van der Waals surface area contributed by atoms with Crippen LogP contribution >= 0.6 is 0 Å². The van der Waals surface area contributed by atoms with Gasteiger partial charge in [-0.2, -0.15) is 5.26 Å². The number of aromatic nitrogens is 1. The first-order valence-corrected chi connectivity index (χ1v) is 5.26. The van der Waals surface area contributed by atoms with E-state index in [2.05, 4.69) is 11.1 Å². The van der Waals surface area contributed by atoms with Crippen molar-refractivity contribution in [2.45, 2.75) is 0 Å². The fourth-order valence-electron chi connectivity index (χ4n) is 1.75. The number of hydrogen-bond acceptors (Lipinski definition) is 5. The zero-order chi connectivity index (χ0) is 12.4. The van der Waals surface area contributed by atoms with E-state index in [0.29, 0.717) is 30.2 Å². The van der Waals surface area contributed by atoms with Gasteiger partial charge in [-0.1, -0.05) is 0 Å². The Kier molecular flexibility index (Phi) is 2.83. The number of anilines is 2. The normalized spacial score (nSPS) is 15.9. The third kappa shape index (κ3) is 2.13. The molecule has 0 aromatic carbocycles. The smallest absolute Gasteiger partial charge is 0.241 e. The summed E-state index contributed by atoms with van der Waals surface area (Å²) >= 11 is 0. The molecule has 1 aliphatic rings. The molecule has 1 aromatic rings. The van der Waals surface area contributed by atoms with Crippen LogP contribution in [0.2, 0.25) is 0 Å². The minimum absolute atomic E-state index is 0.0266. The highest BCUT2D eigenvalue weighted by molar-refractivity contribution is 5.82. The van der Waals surface area contributed by atoms with Crippen LogP contribution in [0.3, 0.4) is 0 Å². The van der Waals surface area contributed by atoms with E-state index in [1.165, 1.54) is 6.20 Å².